The normalized spacial score (nSPS) is 13.1. The number of aromatic nitrogens is 2. The Balaban J connectivity index is 1.87. The molecule has 4 rings (SSSR count). The van der Waals surface area contributed by atoms with Crippen molar-refractivity contribution in [1.82, 2.24) is 9.97 Å². The first kappa shape index (κ1) is 12.8. The lowest BCUT2D eigenvalue weighted by atomic mass is 9.47. The lowest BCUT2D eigenvalue weighted by molar-refractivity contribution is 1.15. The summed E-state index contributed by atoms with van der Waals surface area (Å²) in [6, 6.07) is 20.7. The molecule has 22 heavy (non-hydrogen) atoms. The minimum atomic E-state index is 0.0889. The van der Waals surface area contributed by atoms with E-state index < -0.39 is 0 Å². The van der Waals surface area contributed by atoms with E-state index in [0.29, 0.717) is 0 Å². The Kier molecular flexibility index (Phi) is 3.20. The largest absolute Gasteiger partial charge is 0.420 e. The number of benzene rings is 2. The zero-order chi connectivity index (χ0) is 14.8. The maximum absolute atomic E-state index is 4.43. The molecule has 104 valence electrons. The van der Waals surface area contributed by atoms with Crippen molar-refractivity contribution in [2.45, 2.75) is 0 Å². The smallest absolute Gasteiger partial charge is 0.323 e. The third-order valence-corrected chi connectivity index (χ3v) is 3.89. The highest BCUT2D eigenvalue weighted by molar-refractivity contribution is 6.93. The van der Waals surface area contributed by atoms with Gasteiger partial charge in [-0.1, -0.05) is 60.1 Å². The molecule has 2 heterocycles. The standard InChI is InChI=1S/C18H14BN3/c1-2-7-15(8-3-1)19-16(18-10-11-20-13-21-18)12-14-6-4-5-9-17(14)22-19/h1-13,22H. The van der Waals surface area contributed by atoms with Gasteiger partial charge in [0.15, 0.2) is 0 Å². The van der Waals surface area contributed by atoms with Gasteiger partial charge in [-0.05, 0) is 23.2 Å². The molecular formula is C18H14BN3. The molecule has 3 aromatic rings. The summed E-state index contributed by atoms with van der Waals surface area (Å²) in [6.07, 6.45) is 5.59. The van der Waals surface area contributed by atoms with Crippen LogP contribution in [0.15, 0.2) is 73.2 Å². The molecule has 1 aromatic heterocycles. The number of nitrogens with zero attached hydrogens (tertiary/aromatic N) is 2. The monoisotopic (exact) mass is 283 g/mol. The third kappa shape index (κ3) is 2.29. The van der Waals surface area contributed by atoms with Crippen molar-refractivity contribution in [2.24, 2.45) is 0 Å². The van der Waals surface area contributed by atoms with Gasteiger partial charge in [0.25, 0.3) is 0 Å². The molecule has 0 aliphatic carbocycles. The van der Waals surface area contributed by atoms with Gasteiger partial charge >= 0.3 is 6.85 Å². The maximum atomic E-state index is 4.43. The van der Waals surface area contributed by atoms with Crippen molar-refractivity contribution in [3.63, 3.8) is 0 Å². The highest BCUT2D eigenvalue weighted by atomic mass is 14.8. The second kappa shape index (κ2) is 5.49. The van der Waals surface area contributed by atoms with Crippen LogP contribution in [-0.2, 0) is 0 Å². The quantitative estimate of drug-likeness (QED) is 0.735. The number of para-hydroxylation sites is 1. The zero-order valence-electron chi connectivity index (χ0n) is 12.0. The van der Waals surface area contributed by atoms with Gasteiger partial charge in [-0.3, -0.25) is 0 Å². The van der Waals surface area contributed by atoms with Gasteiger partial charge in [0.1, 0.15) is 6.33 Å². The molecule has 0 radical (unpaired) electrons. The molecule has 0 atom stereocenters. The van der Waals surface area contributed by atoms with Crippen LogP contribution >= 0.6 is 0 Å². The fourth-order valence-electron chi connectivity index (χ4n) is 2.83. The number of hydrogen-bond donors (Lipinski definition) is 1. The molecule has 1 aliphatic rings. The van der Waals surface area contributed by atoms with E-state index >= 15 is 0 Å². The van der Waals surface area contributed by atoms with Crippen LogP contribution < -0.4 is 10.7 Å². The molecule has 0 spiro atoms. The first-order chi connectivity index (χ1) is 10.9. The summed E-state index contributed by atoms with van der Waals surface area (Å²) in [5.74, 6) is 0. The Bertz CT molecular complexity index is 816. The van der Waals surface area contributed by atoms with E-state index in [9.17, 15) is 0 Å². The number of hydrogen-bond acceptors (Lipinski definition) is 3. The lowest BCUT2D eigenvalue weighted by Gasteiger charge is -2.25. The SMILES string of the molecule is C1=C(c2ccncn2)B(c2ccccc2)Nc2ccccc21. The van der Waals surface area contributed by atoms with Crippen LogP contribution in [0.2, 0.25) is 0 Å². The summed E-state index contributed by atoms with van der Waals surface area (Å²) in [5, 5.41) is 3.63. The van der Waals surface area contributed by atoms with Crippen molar-refractivity contribution in [3.05, 3.63) is 84.4 Å². The molecule has 0 saturated heterocycles. The fraction of sp³-hybridized carbons (Fsp3) is 0. The van der Waals surface area contributed by atoms with E-state index in [1.807, 2.05) is 12.1 Å². The zero-order valence-corrected chi connectivity index (χ0v) is 12.0. The average Bonchev–Trinajstić information content (AvgIpc) is 2.62. The Hall–Kier alpha value is -2.88. The summed E-state index contributed by atoms with van der Waals surface area (Å²) >= 11 is 0. The van der Waals surface area contributed by atoms with Gasteiger partial charge in [0.05, 0.1) is 5.69 Å². The van der Waals surface area contributed by atoms with Gasteiger partial charge in [-0.2, -0.15) is 0 Å². The molecule has 1 N–H and O–H groups in total. The van der Waals surface area contributed by atoms with E-state index in [4.69, 9.17) is 0 Å². The Morgan fingerprint density at radius 2 is 1.68 bits per heavy atom. The summed E-state index contributed by atoms with van der Waals surface area (Å²) in [7, 11) is 0. The van der Waals surface area contributed by atoms with Crippen LogP contribution in [0.3, 0.4) is 0 Å². The molecule has 0 amide bonds. The molecule has 0 fully saturated rings. The lowest BCUT2D eigenvalue weighted by Crippen LogP contribution is -2.41. The van der Waals surface area contributed by atoms with Crippen LogP contribution in [0.1, 0.15) is 11.3 Å². The summed E-state index contributed by atoms with van der Waals surface area (Å²) in [5.41, 5.74) is 5.66. The van der Waals surface area contributed by atoms with Crippen LogP contribution in [0.4, 0.5) is 5.69 Å². The van der Waals surface area contributed by atoms with Gasteiger partial charge < -0.3 is 5.23 Å². The summed E-state index contributed by atoms with van der Waals surface area (Å²) in [6.45, 7) is 0.0889. The highest BCUT2D eigenvalue weighted by Gasteiger charge is 2.28. The van der Waals surface area contributed by atoms with E-state index in [2.05, 4.69) is 69.8 Å². The van der Waals surface area contributed by atoms with Crippen LogP contribution in [0.25, 0.3) is 11.5 Å². The van der Waals surface area contributed by atoms with Gasteiger partial charge in [-0.25, -0.2) is 9.97 Å². The molecule has 0 unspecified atom stereocenters. The predicted octanol–water partition coefficient (Wildman–Crippen LogP) is 2.88. The highest BCUT2D eigenvalue weighted by Crippen LogP contribution is 2.29. The Morgan fingerprint density at radius 1 is 0.864 bits per heavy atom. The third-order valence-electron chi connectivity index (χ3n) is 3.89. The molecule has 0 bridgehead atoms. The van der Waals surface area contributed by atoms with Gasteiger partial charge in [-0.15, -0.1) is 0 Å². The second-order valence-corrected chi connectivity index (χ2v) is 5.27. The number of fused-ring (bicyclic) bond motifs is 1. The molecule has 3 nitrogen and oxygen atoms in total. The fourth-order valence-corrected chi connectivity index (χ4v) is 2.83. The molecule has 1 aliphatic heterocycles. The van der Waals surface area contributed by atoms with Crippen LogP contribution in [-0.4, -0.2) is 16.8 Å². The van der Waals surface area contributed by atoms with Crippen molar-refractivity contribution in [3.8, 4) is 0 Å². The topological polar surface area (TPSA) is 37.8 Å². The van der Waals surface area contributed by atoms with Crippen molar-refractivity contribution >= 4 is 29.5 Å². The van der Waals surface area contributed by atoms with E-state index in [-0.39, 0.29) is 6.85 Å². The molecule has 4 heteroatoms. The van der Waals surface area contributed by atoms with Crippen LogP contribution in [0.5, 0.6) is 0 Å². The minimum Gasteiger partial charge on any atom is -0.420 e. The van der Waals surface area contributed by atoms with Crippen molar-refractivity contribution < 1.29 is 0 Å². The first-order valence-electron chi connectivity index (χ1n) is 7.30. The average molecular weight is 283 g/mol. The van der Waals surface area contributed by atoms with Crippen molar-refractivity contribution in [2.75, 3.05) is 5.23 Å². The Labute approximate surface area is 129 Å². The molecule has 2 aromatic carbocycles. The number of nitrogens with one attached hydrogen (secondary N) is 1. The van der Waals surface area contributed by atoms with E-state index in [1.165, 1.54) is 11.0 Å². The van der Waals surface area contributed by atoms with E-state index in [0.717, 1.165) is 16.9 Å². The minimum absolute atomic E-state index is 0.0889. The second-order valence-electron chi connectivity index (χ2n) is 5.27. The van der Waals surface area contributed by atoms with Gasteiger partial charge in [0, 0.05) is 11.9 Å². The number of anilines is 1. The first-order valence-corrected chi connectivity index (χ1v) is 7.30. The van der Waals surface area contributed by atoms with Crippen molar-refractivity contribution in [1.29, 1.82) is 0 Å². The predicted molar refractivity (Wildman–Crippen MR) is 91.8 cm³/mol. The summed E-state index contributed by atoms with van der Waals surface area (Å²) in [4.78, 5) is 8.46. The van der Waals surface area contributed by atoms with Crippen LogP contribution in [0, 0.1) is 0 Å². The Morgan fingerprint density at radius 3 is 2.50 bits per heavy atom. The molecular weight excluding hydrogens is 269 g/mol. The number of rotatable bonds is 2. The van der Waals surface area contributed by atoms with Gasteiger partial charge in [0.2, 0.25) is 0 Å². The molecule has 0 saturated carbocycles. The maximum Gasteiger partial charge on any atom is 0.323 e. The summed E-state index contributed by atoms with van der Waals surface area (Å²) < 4.78 is 0. The van der Waals surface area contributed by atoms with E-state index in [1.54, 1.807) is 12.5 Å².